The minimum Gasteiger partial charge on any atom is -0.493 e. The molecule has 6 nitrogen and oxygen atoms in total. The van der Waals surface area contributed by atoms with E-state index >= 15 is 0 Å². The molecule has 0 aliphatic carbocycles. The Morgan fingerprint density at radius 2 is 1.79 bits per heavy atom. The summed E-state index contributed by atoms with van der Waals surface area (Å²) in [7, 11) is 0. The number of nitrogens with zero attached hydrogens (tertiary/aromatic N) is 1. The number of nitrogens with one attached hydrogen (secondary N) is 2. The van der Waals surface area contributed by atoms with E-state index < -0.39 is 5.41 Å². The molecular formula is C32H38FN3O3. The van der Waals surface area contributed by atoms with Crippen molar-refractivity contribution in [2.45, 2.75) is 51.6 Å². The zero-order valence-electron chi connectivity index (χ0n) is 22.8. The average Bonchev–Trinajstić information content (AvgIpc) is 2.93. The van der Waals surface area contributed by atoms with Crippen LogP contribution in [0.4, 0.5) is 4.39 Å². The van der Waals surface area contributed by atoms with Gasteiger partial charge in [-0.05, 0) is 54.7 Å². The average molecular weight is 532 g/mol. The molecule has 3 aromatic rings. The molecule has 39 heavy (non-hydrogen) atoms. The first-order chi connectivity index (χ1) is 18.8. The molecule has 1 heterocycles. The Morgan fingerprint density at radius 1 is 1.00 bits per heavy atom. The maximum absolute atomic E-state index is 13.8. The molecule has 0 unspecified atom stereocenters. The second kappa shape index (κ2) is 13.4. The molecule has 0 aromatic heterocycles. The molecule has 0 spiro atoms. The third-order valence-electron chi connectivity index (χ3n) is 7.07. The van der Waals surface area contributed by atoms with Crippen molar-refractivity contribution in [3.05, 3.63) is 101 Å². The number of amides is 2. The van der Waals surface area contributed by atoms with E-state index in [4.69, 9.17) is 4.74 Å². The topological polar surface area (TPSA) is 70.7 Å². The van der Waals surface area contributed by atoms with Gasteiger partial charge in [-0.25, -0.2) is 4.39 Å². The Hall–Kier alpha value is -3.71. The van der Waals surface area contributed by atoms with Crippen LogP contribution >= 0.6 is 0 Å². The number of hydrogen-bond donors (Lipinski definition) is 2. The van der Waals surface area contributed by atoms with Gasteiger partial charge in [0.2, 0.25) is 5.91 Å². The predicted molar refractivity (Wildman–Crippen MR) is 151 cm³/mol. The molecular weight excluding hydrogens is 493 g/mol. The lowest BCUT2D eigenvalue weighted by Gasteiger charge is -2.27. The molecule has 0 bridgehead atoms. The van der Waals surface area contributed by atoms with Crippen LogP contribution < -0.4 is 15.4 Å². The predicted octanol–water partition coefficient (Wildman–Crippen LogP) is 5.21. The highest BCUT2D eigenvalue weighted by Crippen LogP contribution is 2.27. The number of rotatable bonds is 6. The monoisotopic (exact) mass is 531 g/mol. The number of carbonyl (C=O) groups excluding carboxylic acids is 2. The van der Waals surface area contributed by atoms with Gasteiger partial charge in [-0.1, -0.05) is 62.4 Å². The normalized spacial score (nSPS) is 15.5. The highest BCUT2D eigenvalue weighted by atomic mass is 19.1. The van der Waals surface area contributed by atoms with E-state index in [2.05, 4.69) is 10.6 Å². The fraction of sp³-hybridized carbons (Fsp3) is 0.375. The Balaban J connectivity index is 1.61. The van der Waals surface area contributed by atoms with E-state index in [1.807, 2.05) is 67.3 Å². The summed E-state index contributed by atoms with van der Waals surface area (Å²) in [4.78, 5) is 28.4. The van der Waals surface area contributed by atoms with Crippen LogP contribution in [0.3, 0.4) is 0 Å². The van der Waals surface area contributed by atoms with Gasteiger partial charge in [0.25, 0.3) is 5.91 Å². The summed E-state index contributed by atoms with van der Waals surface area (Å²) in [6, 6.07) is 22.0. The molecule has 0 radical (unpaired) electrons. The van der Waals surface area contributed by atoms with Gasteiger partial charge in [0.15, 0.2) is 0 Å². The van der Waals surface area contributed by atoms with Crippen molar-refractivity contribution >= 4 is 11.8 Å². The molecule has 4 rings (SSSR count). The molecule has 0 saturated carbocycles. The van der Waals surface area contributed by atoms with Crippen molar-refractivity contribution in [1.29, 1.82) is 0 Å². The Labute approximate surface area is 230 Å². The van der Waals surface area contributed by atoms with Crippen LogP contribution in [-0.2, 0) is 23.3 Å². The lowest BCUT2D eigenvalue weighted by molar-refractivity contribution is -0.122. The summed E-state index contributed by atoms with van der Waals surface area (Å²) < 4.78 is 20.0. The standard InChI is InChI=1S/C32H38FN3O3/c1-32(2,25-13-9-14-26(33)19-25)23-35-31(38)27-15-10-16-29-28(27)21-36(20-24-11-5-3-6-12-24)22-30(37)34-17-7-4-8-18-39-29/h3,5-6,9-16,19H,4,7-8,17-18,20-23H2,1-2H3,(H,34,37)(H,35,38). The molecule has 3 aromatic carbocycles. The lowest BCUT2D eigenvalue weighted by atomic mass is 9.84. The molecule has 1 aliphatic rings. The summed E-state index contributed by atoms with van der Waals surface area (Å²) in [6.45, 7) is 6.59. The quantitative estimate of drug-likeness (QED) is 0.458. The first-order valence-corrected chi connectivity index (χ1v) is 13.6. The number of hydrogen-bond acceptors (Lipinski definition) is 4. The van der Waals surface area contributed by atoms with Crippen LogP contribution in [0, 0.1) is 5.82 Å². The number of ether oxygens (including phenoxy) is 1. The van der Waals surface area contributed by atoms with Crippen LogP contribution in [0.15, 0.2) is 72.8 Å². The van der Waals surface area contributed by atoms with Crippen molar-refractivity contribution < 1.29 is 18.7 Å². The van der Waals surface area contributed by atoms with E-state index in [0.29, 0.717) is 44.1 Å². The first-order valence-electron chi connectivity index (χ1n) is 13.6. The van der Waals surface area contributed by atoms with E-state index in [9.17, 15) is 14.0 Å². The fourth-order valence-electron chi connectivity index (χ4n) is 4.79. The van der Waals surface area contributed by atoms with Crippen molar-refractivity contribution in [3.63, 3.8) is 0 Å². The van der Waals surface area contributed by atoms with Gasteiger partial charge in [0, 0.05) is 42.7 Å². The molecule has 7 heteroatoms. The van der Waals surface area contributed by atoms with Crippen molar-refractivity contribution in [3.8, 4) is 5.75 Å². The third-order valence-corrected chi connectivity index (χ3v) is 7.07. The molecule has 0 fully saturated rings. The number of fused-ring (bicyclic) bond motifs is 1. The van der Waals surface area contributed by atoms with Gasteiger partial charge in [-0.3, -0.25) is 14.5 Å². The Bertz CT molecular complexity index is 1260. The first kappa shape index (κ1) is 28.3. The van der Waals surface area contributed by atoms with Crippen molar-refractivity contribution in [2.24, 2.45) is 0 Å². The highest BCUT2D eigenvalue weighted by Gasteiger charge is 2.25. The fourth-order valence-corrected chi connectivity index (χ4v) is 4.79. The highest BCUT2D eigenvalue weighted by molar-refractivity contribution is 5.96. The van der Waals surface area contributed by atoms with Gasteiger partial charge in [0.05, 0.1) is 13.2 Å². The Morgan fingerprint density at radius 3 is 2.59 bits per heavy atom. The Kier molecular flexibility index (Phi) is 9.71. The summed E-state index contributed by atoms with van der Waals surface area (Å²) in [5, 5.41) is 6.09. The summed E-state index contributed by atoms with van der Waals surface area (Å²) in [5.74, 6) is 0.0927. The van der Waals surface area contributed by atoms with Gasteiger partial charge >= 0.3 is 0 Å². The van der Waals surface area contributed by atoms with Gasteiger partial charge < -0.3 is 15.4 Å². The van der Waals surface area contributed by atoms with Crippen molar-refractivity contribution in [2.75, 3.05) is 26.2 Å². The van der Waals surface area contributed by atoms with Crippen LogP contribution in [0.5, 0.6) is 5.75 Å². The minimum absolute atomic E-state index is 0.0357. The zero-order chi connectivity index (χ0) is 27.7. The molecule has 206 valence electrons. The van der Waals surface area contributed by atoms with E-state index in [1.54, 1.807) is 12.1 Å². The molecule has 1 aliphatic heterocycles. The number of halogens is 1. The zero-order valence-corrected chi connectivity index (χ0v) is 22.8. The summed E-state index contributed by atoms with van der Waals surface area (Å²) >= 11 is 0. The lowest BCUT2D eigenvalue weighted by Crippen LogP contribution is -2.39. The summed E-state index contributed by atoms with van der Waals surface area (Å²) in [6.07, 6.45) is 2.70. The number of benzene rings is 3. The summed E-state index contributed by atoms with van der Waals surface area (Å²) in [5.41, 5.74) is 2.68. The minimum atomic E-state index is -0.473. The second-order valence-corrected chi connectivity index (χ2v) is 10.7. The maximum Gasteiger partial charge on any atom is 0.251 e. The molecule has 0 saturated heterocycles. The van der Waals surface area contributed by atoms with E-state index in [0.717, 1.165) is 36.0 Å². The van der Waals surface area contributed by atoms with E-state index in [1.165, 1.54) is 12.1 Å². The van der Waals surface area contributed by atoms with E-state index in [-0.39, 0.29) is 24.2 Å². The van der Waals surface area contributed by atoms with Gasteiger partial charge in [-0.15, -0.1) is 0 Å². The van der Waals surface area contributed by atoms with Gasteiger partial charge in [-0.2, -0.15) is 0 Å². The van der Waals surface area contributed by atoms with Crippen LogP contribution in [0.25, 0.3) is 0 Å². The maximum atomic E-state index is 13.8. The van der Waals surface area contributed by atoms with Crippen LogP contribution in [0.2, 0.25) is 0 Å². The SMILES string of the molecule is CC(C)(CNC(=O)c1cccc2c1CN(Cc1ccccc1)CC(=O)NCCCCCO2)c1cccc(F)c1. The number of carbonyl (C=O) groups is 2. The molecule has 2 amide bonds. The third kappa shape index (κ3) is 8.14. The largest absolute Gasteiger partial charge is 0.493 e. The van der Waals surface area contributed by atoms with Crippen LogP contribution in [0.1, 0.15) is 60.2 Å². The smallest absolute Gasteiger partial charge is 0.251 e. The second-order valence-electron chi connectivity index (χ2n) is 10.7. The van der Waals surface area contributed by atoms with Crippen LogP contribution in [-0.4, -0.2) is 43.0 Å². The molecule has 2 N–H and O–H groups in total. The molecule has 0 atom stereocenters. The van der Waals surface area contributed by atoms with Crippen molar-refractivity contribution in [1.82, 2.24) is 15.5 Å². The van der Waals surface area contributed by atoms with Gasteiger partial charge in [0.1, 0.15) is 11.6 Å².